The fourth-order valence-electron chi connectivity index (χ4n) is 3.47. The Hall–Kier alpha value is -3.65. The molecule has 0 unspecified atom stereocenters. The normalized spacial score (nSPS) is 11.0. The quantitative estimate of drug-likeness (QED) is 0.468. The van der Waals surface area contributed by atoms with Gasteiger partial charge in [-0.2, -0.15) is 5.10 Å². The molecule has 0 aliphatic rings. The van der Waals surface area contributed by atoms with Crippen LogP contribution < -0.4 is 20.1 Å². The number of nitrogens with two attached hydrogens (primary N) is 1. The number of rotatable bonds is 8. The average molecular weight is 419 g/mol. The molecule has 0 bridgehead atoms. The zero-order valence-electron chi connectivity index (χ0n) is 17.9. The second kappa shape index (κ2) is 9.01. The van der Waals surface area contributed by atoms with E-state index in [0.29, 0.717) is 6.54 Å². The average Bonchev–Trinajstić information content (AvgIpc) is 3.24. The van der Waals surface area contributed by atoms with Crippen molar-refractivity contribution in [2.75, 3.05) is 32.2 Å². The van der Waals surface area contributed by atoms with Crippen LogP contribution >= 0.6 is 0 Å². The van der Waals surface area contributed by atoms with Crippen molar-refractivity contribution in [3.05, 3.63) is 55.0 Å². The molecular weight excluding hydrogens is 392 g/mol. The van der Waals surface area contributed by atoms with Crippen molar-refractivity contribution in [3.63, 3.8) is 0 Å². The van der Waals surface area contributed by atoms with Gasteiger partial charge in [0.05, 0.1) is 43.3 Å². The number of anilines is 2. The van der Waals surface area contributed by atoms with Crippen LogP contribution in [0.3, 0.4) is 0 Å². The number of aryl methyl sites for hydroxylation is 1. The molecule has 4 rings (SSSR count). The van der Waals surface area contributed by atoms with Crippen molar-refractivity contribution < 1.29 is 9.47 Å². The molecule has 8 nitrogen and oxygen atoms in total. The molecule has 0 atom stereocenters. The van der Waals surface area contributed by atoms with Gasteiger partial charge in [-0.15, -0.1) is 0 Å². The summed E-state index contributed by atoms with van der Waals surface area (Å²) in [5.74, 6) is 1.46. The van der Waals surface area contributed by atoms with Crippen LogP contribution in [0.5, 0.6) is 11.5 Å². The maximum atomic E-state index is 5.82. The Morgan fingerprint density at radius 2 is 1.74 bits per heavy atom. The van der Waals surface area contributed by atoms with E-state index in [0.717, 1.165) is 58.1 Å². The number of hydrogen-bond acceptors (Lipinski definition) is 7. The lowest BCUT2D eigenvalue weighted by Gasteiger charge is -2.26. The lowest BCUT2D eigenvalue weighted by molar-refractivity contribution is 0.394. The van der Waals surface area contributed by atoms with Crippen LogP contribution in [0.1, 0.15) is 6.42 Å². The van der Waals surface area contributed by atoms with E-state index in [4.69, 9.17) is 20.2 Å². The van der Waals surface area contributed by atoms with Crippen molar-refractivity contribution in [2.24, 2.45) is 12.8 Å². The summed E-state index contributed by atoms with van der Waals surface area (Å²) in [5.41, 5.74) is 11.1. The molecule has 0 saturated heterocycles. The van der Waals surface area contributed by atoms with E-state index >= 15 is 0 Å². The Labute approximate surface area is 181 Å². The first-order valence-electron chi connectivity index (χ1n) is 10.1. The molecule has 8 heteroatoms. The minimum Gasteiger partial charge on any atom is -0.497 e. The van der Waals surface area contributed by atoms with Gasteiger partial charge in [0.15, 0.2) is 0 Å². The summed E-state index contributed by atoms with van der Waals surface area (Å²) in [6, 6.07) is 11.9. The van der Waals surface area contributed by atoms with Gasteiger partial charge in [0.25, 0.3) is 0 Å². The Bertz CT molecular complexity index is 1170. The molecule has 31 heavy (non-hydrogen) atoms. The second-order valence-corrected chi connectivity index (χ2v) is 7.20. The largest absolute Gasteiger partial charge is 0.497 e. The maximum Gasteiger partial charge on any atom is 0.124 e. The number of nitrogens with zero attached hydrogens (tertiary/aromatic N) is 5. The highest BCUT2D eigenvalue weighted by Crippen LogP contribution is 2.34. The van der Waals surface area contributed by atoms with Crippen molar-refractivity contribution in [3.8, 4) is 22.8 Å². The fourth-order valence-corrected chi connectivity index (χ4v) is 3.47. The number of aromatic nitrogens is 4. The zero-order chi connectivity index (χ0) is 21.8. The van der Waals surface area contributed by atoms with Crippen LogP contribution in [-0.2, 0) is 7.05 Å². The fraction of sp³-hybridized carbons (Fsp3) is 0.261. The molecule has 0 amide bonds. The van der Waals surface area contributed by atoms with Crippen LogP contribution in [0, 0.1) is 0 Å². The van der Waals surface area contributed by atoms with Gasteiger partial charge in [-0.1, -0.05) is 0 Å². The summed E-state index contributed by atoms with van der Waals surface area (Å²) in [6.07, 6.45) is 6.32. The summed E-state index contributed by atoms with van der Waals surface area (Å²) in [7, 11) is 5.18. The molecule has 0 aliphatic carbocycles. The molecule has 2 heterocycles. The SMILES string of the molecule is COc1cc(OC)cc(N(CCCN)c2ccc3ncc(-c4cnn(C)c4)nc3c2)c1. The van der Waals surface area contributed by atoms with Gasteiger partial charge >= 0.3 is 0 Å². The molecule has 0 fully saturated rings. The molecule has 0 saturated carbocycles. The molecule has 2 N–H and O–H groups in total. The van der Waals surface area contributed by atoms with Gasteiger partial charge in [0.2, 0.25) is 0 Å². The monoisotopic (exact) mass is 418 g/mol. The Kier molecular flexibility index (Phi) is 5.99. The molecule has 0 radical (unpaired) electrons. The molecule has 160 valence electrons. The minimum atomic E-state index is 0.593. The van der Waals surface area contributed by atoms with Crippen LogP contribution in [0.2, 0.25) is 0 Å². The van der Waals surface area contributed by atoms with E-state index in [-0.39, 0.29) is 0 Å². The van der Waals surface area contributed by atoms with Crippen LogP contribution in [0.4, 0.5) is 11.4 Å². The first kappa shape index (κ1) is 20.6. The van der Waals surface area contributed by atoms with Crippen molar-refractivity contribution in [1.82, 2.24) is 19.7 Å². The van der Waals surface area contributed by atoms with Crippen molar-refractivity contribution in [2.45, 2.75) is 6.42 Å². The van der Waals surface area contributed by atoms with Crippen LogP contribution in [0.15, 0.2) is 55.0 Å². The molecule has 2 aromatic carbocycles. The van der Waals surface area contributed by atoms with E-state index in [1.807, 2.05) is 49.6 Å². The first-order chi connectivity index (χ1) is 15.1. The van der Waals surface area contributed by atoms with Gasteiger partial charge < -0.3 is 20.1 Å². The van der Waals surface area contributed by atoms with E-state index in [1.165, 1.54) is 0 Å². The Morgan fingerprint density at radius 3 is 2.39 bits per heavy atom. The summed E-state index contributed by atoms with van der Waals surface area (Å²) < 4.78 is 12.7. The number of fused-ring (bicyclic) bond motifs is 1. The highest BCUT2D eigenvalue weighted by atomic mass is 16.5. The van der Waals surface area contributed by atoms with Gasteiger partial charge in [0, 0.05) is 54.9 Å². The summed E-state index contributed by atoms with van der Waals surface area (Å²) in [4.78, 5) is 11.6. The van der Waals surface area contributed by atoms with Gasteiger partial charge in [-0.25, -0.2) is 4.98 Å². The van der Waals surface area contributed by atoms with E-state index in [2.05, 4.69) is 15.0 Å². The Morgan fingerprint density at radius 1 is 0.968 bits per heavy atom. The van der Waals surface area contributed by atoms with Crippen LogP contribution in [0.25, 0.3) is 22.3 Å². The highest BCUT2D eigenvalue weighted by molar-refractivity contribution is 5.82. The van der Waals surface area contributed by atoms with Crippen LogP contribution in [-0.4, -0.2) is 47.1 Å². The minimum absolute atomic E-state index is 0.593. The standard InChI is InChI=1S/C23H26N6O2/c1-28-15-16(13-26-28)23-14-25-21-6-5-17(11-22(21)27-23)29(8-4-7-24)18-9-19(30-2)12-20(10-18)31-3/h5-6,9-15H,4,7-8,24H2,1-3H3. The molecule has 0 spiro atoms. The lowest BCUT2D eigenvalue weighted by Crippen LogP contribution is -2.21. The number of methoxy groups -OCH3 is 2. The van der Waals surface area contributed by atoms with E-state index < -0.39 is 0 Å². The second-order valence-electron chi connectivity index (χ2n) is 7.20. The summed E-state index contributed by atoms with van der Waals surface area (Å²) in [6.45, 7) is 1.34. The number of ether oxygens (including phenoxy) is 2. The van der Waals surface area contributed by atoms with Crippen molar-refractivity contribution >= 4 is 22.4 Å². The number of benzene rings is 2. The lowest BCUT2D eigenvalue weighted by atomic mass is 10.1. The molecule has 0 aliphatic heterocycles. The smallest absolute Gasteiger partial charge is 0.124 e. The summed E-state index contributed by atoms with van der Waals surface area (Å²) in [5, 5.41) is 4.23. The summed E-state index contributed by atoms with van der Waals surface area (Å²) >= 11 is 0. The predicted octanol–water partition coefficient (Wildman–Crippen LogP) is 3.53. The molecule has 4 aromatic rings. The topological polar surface area (TPSA) is 91.3 Å². The zero-order valence-corrected chi connectivity index (χ0v) is 17.9. The third kappa shape index (κ3) is 4.44. The molecular formula is C23H26N6O2. The predicted molar refractivity (Wildman–Crippen MR) is 122 cm³/mol. The first-order valence-corrected chi connectivity index (χ1v) is 10.1. The van der Waals surface area contributed by atoms with Crippen molar-refractivity contribution in [1.29, 1.82) is 0 Å². The third-order valence-electron chi connectivity index (χ3n) is 5.07. The Balaban J connectivity index is 1.78. The highest BCUT2D eigenvalue weighted by Gasteiger charge is 2.14. The number of hydrogen-bond donors (Lipinski definition) is 1. The maximum absolute atomic E-state index is 5.82. The van der Waals surface area contributed by atoms with Gasteiger partial charge in [0.1, 0.15) is 11.5 Å². The van der Waals surface area contributed by atoms with E-state index in [1.54, 1.807) is 31.3 Å². The van der Waals surface area contributed by atoms with Gasteiger partial charge in [-0.05, 0) is 31.2 Å². The molecule has 2 aromatic heterocycles. The van der Waals surface area contributed by atoms with E-state index in [9.17, 15) is 0 Å². The van der Waals surface area contributed by atoms with Gasteiger partial charge in [-0.3, -0.25) is 9.67 Å². The third-order valence-corrected chi connectivity index (χ3v) is 5.07.